The second-order valence-corrected chi connectivity index (χ2v) is 5.70. The van der Waals surface area contributed by atoms with Crippen LogP contribution in [0.3, 0.4) is 0 Å². The maximum atomic E-state index is 5.31. The number of rotatable bonds is 6. The van der Waals surface area contributed by atoms with Crippen molar-refractivity contribution in [3.8, 4) is 5.88 Å². The van der Waals surface area contributed by atoms with Crippen molar-refractivity contribution < 1.29 is 4.74 Å². The molecule has 0 amide bonds. The van der Waals surface area contributed by atoms with Gasteiger partial charge in [0, 0.05) is 18.8 Å². The summed E-state index contributed by atoms with van der Waals surface area (Å²) in [7, 11) is 1.67. The van der Waals surface area contributed by atoms with Crippen LogP contribution in [0.1, 0.15) is 33.1 Å². The SMILES string of the molecule is CCCN1CCCC(C(C)Nc2cccnc2OC)C1. The smallest absolute Gasteiger partial charge is 0.237 e. The molecule has 2 heterocycles. The molecule has 0 spiro atoms. The van der Waals surface area contributed by atoms with E-state index in [1.165, 1.54) is 38.9 Å². The minimum absolute atomic E-state index is 0.438. The molecule has 1 N–H and O–H groups in total. The zero-order valence-electron chi connectivity index (χ0n) is 12.9. The molecule has 1 saturated heterocycles. The normalized spacial score (nSPS) is 21.4. The van der Waals surface area contributed by atoms with Crippen LogP contribution in [0.4, 0.5) is 5.69 Å². The molecule has 1 aliphatic rings. The number of methoxy groups -OCH3 is 1. The highest BCUT2D eigenvalue weighted by Crippen LogP contribution is 2.26. The van der Waals surface area contributed by atoms with Gasteiger partial charge in [0.25, 0.3) is 0 Å². The standard InChI is InChI=1S/C16H27N3O/c1-4-10-19-11-6-7-14(12-19)13(2)18-15-8-5-9-17-16(15)20-3/h5,8-9,13-14,18H,4,6-7,10-12H2,1-3H3. The second-order valence-electron chi connectivity index (χ2n) is 5.70. The lowest BCUT2D eigenvalue weighted by molar-refractivity contribution is 0.165. The average molecular weight is 277 g/mol. The maximum Gasteiger partial charge on any atom is 0.237 e. The number of hydrogen-bond acceptors (Lipinski definition) is 4. The first-order valence-corrected chi connectivity index (χ1v) is 7.72. The van der Waals surface area contributed by atoms with E-state index in [1.807, 2.05) is 12.1 Å². The highest BCUT2D eigenvalue weighted by atomic mass is 16.5. The highest BCUT2D eigenvalue weighted by molar-refractivity contribution is 5.52. The molecule has 4 heteroatoms. The van der Waals surface area contributed by atoms with Gasteiger partial charge in [-0.05, 0) is 57.3 Å². The first-order chi connectivity index (χ1) is 9.74. The van der Waals surface area contributed by atoms with Crippen LogP contribution in [0.15, 0.2) is 18.3 Å². The Bertz CT molecular complexity index is 408. The predicted octanol–water partition coefficient (Wildman–Crippen LogP) is 3.01. The number of nitrogens with one attached hydrogen (secondary N) is 1. The summed E-state index contributed by atoms with van der Waals surface area (Å²) < 4.78 is 5.31. The van der Waals surface area contributed by atoms with Crippen molar-refractivity contribution in [1.29, 1.82) is 0 Å². The predicted molar refractivity (Wildman–Crippen MR) is 83.3 cm³/mol. The van der Waals surface area contributed by atoms with Crippen molar-refractivity contribution in [3.05, 3.63) is 18.3 Å². The molecule has 2 rings (SSSR count). The summed E-state index contributed by atoms with van der Waals surface area (Å²) in [6.45, 7) is 8.20. The fourth-order valence-electron chi connectivity index (χ4n) is 3.05. The van der Waals surface area contributed by atoms with Crippen LogP contribution < -0.4 is 10.1 Å². The van der Waals surface area contributed by atoms with Crippen LogP contribution >= 0.6 is 0 Å². The van der Waals surface area contributed by atoms with E-state index < -0.39 is 0 Å². The van der Waals surface area contributed by atoms with Crippen LogP contribution in [0.5, 0.6) is 5.88 Å². The summed E-state index contributed by atoms with van der Waals surface area (Å²) in [4.78, 5) is 6.83. The molecule has 0 radical (unpaired) electrons. The van der Waals surface area contributed by atoms with Crippen molar-refractivity contribution in [2.24, 2.45) is 5.92 Å². The summed E-state index contributed by atoms with van der Waals surface area (Å²) in [5, 5.41) is 3.58. The van der Waals surface area contributed by atoms with Gasteiger partial charge >= 0.3 is 0 Å². The highest BCUT2D eigenvalue weighted by Gasteiger charge is 2.24. The monoisotopic (exact) mass is 277 g/mol. The van der Waals surface area contributed by atoms with Gasteiger partial charge in [-0.3, -0.25) is 0 Å². The molecule has 1 fully saturated rings. The van der Waals surface area contributed by atoms with Gasteiger partial charge in [-0.2, -0.15) is 0 Å². The largest absolute Gasteiger partial charge is 0.480 e. The van der Waals surface area contributed by atoms with Crippen LogP contribution in [0.2, 0.25) is 0 Å². The van der Waals surface area contributed by atoms with Crippen molar-refractivity contribution in [2.45, 2.75) is 39.2 Å². The second kappa shape index (κ2) is 7.48. The van der Waals surface area contributed by atoms with E-state index in [9.17, 15) is 0 Å². The molecule has 20 heavy (non-hydrogen) atoms. The summed E-state index contributed by atoms with van der Waals surface area (Å²) in [6, 6.07) is 4.42. The molecule has 1 aromatic rings. The number of piperidine rings is 1. The van der Waals surface area contributed by atoms with E-state index in [0.717, 1.165) is 5.69 Å². The minimum atomic E-state index is 0.438. The van der Waals surface area contributed by atoms with Crippen LogP contribution in [0.25, 0.3) is 0 Å². The van der Waals surface area contributed by atoms with Crippen molar-refractivity contribution in [1.82, 2.24) is 9.88 Å². The maximum absolute atomic E-state index is 5.31. The van der Waals surface area contributed by atoms with E-state index in [-0.39, 0.29) is 0 Å². The molecular formula is C16H27N3O. The number of ether oxygens (including phenoxy) is 1. The van der Waals surface area contributed by atoms with Crippen molar-refractivity contribution >= 4 is 5.69 Å². The lowest BCUT2D eigenvalue weighted by atomic mass is 9.91. The average Bonchev–Trinajstić information content (AvgIpc) is 2.48. The van der Waals surface area contributed by atoms with E-state index in [0.29, 0.717) is 17.8 Å². The molecule has 2 unspecified atom stereocenters. The summed E-state index contributed by atoms with van der Waals surface area (Å²) in [6.07, 6.45) is 5.61. The summed E-state index contributed by atoms with van der Waals surface area (Å²) in [5.41, 5.74) is 0.995. The first kappa shape index (κ1) is 15.1. The van der Waals surface area contributed by atoms with Crippen LogP contribution in [-0.4, -0.2) is 42.7 Å². The van der Waals surface area contributed by atoms with E-state index in [1.54, 1.807) is 13.3 Å². The third-order valence-electron chi connectivity index (χ3n) is 4.14. The Morgan fingerprint density at radius 2 is 2.40 bits per heavy atom. The van der Waals surface area contributed by atoms with Gasteiger partial charge in [-0.1, -0.05) is 6.92 Å². The van der Waals surface area contributed by atoms with Gasteiger partial charge in [0.2, 0.25) is 5.88 Å². The van der Waals surface area contributed by atoms with Gasteiger partial charge in [0.15, 0.2) is 0 Å². The third-order valence-corrected chi connectivity index (χ3v) is 4.14. The molecule has 0 bridgehead atoms. The van der Waals surface area contributed by atoms with Crippen LogP contribution in [-0.2, 0) is 0 Å². The number of nitrogens with zero attached hydrogens (tertiary/aromatic N) is 2. The van der Waals surface area contributed by atoms with Crippen molar-refractivity contribution in [3.63, 3.8) is 0 Å². The van der Waals surface area contributed by atoms with E-state index >= 15 is 0 Å². The Kier molecular flexibility index (Phi) is 5.65. The molecule has 0 saturated carbocycles. The first-order valence-electron chi connectivity index (χ1n) is 7.72. The minimum Gasteiger partial charge on any atom is -0.480 e. The number of anilines is 1. The fraction of sp³-hybridized carbons (Fsp3) is 0.688. The van der Waals surface area contributed by atoms with Gasteiger partial charge < -0.3 is 15.0 Å². The molecule has 2 atom stereocenters. The van der Waals surface area contributed by atoms with E-state index in [4.69, 9.17) is 4.74 Å². The number of likely N-dealkylation sites (tertiary alicyclic amines) is 1. The third kappa shape index (κ3) is 3.85. The molecule has 112 valence electrons. The molecule has 0 aromatic carbocycles. The fourth-order valence-corrected chi connectivity index (χ4v) is 3.05. The number of hydrogen-bond donors (Lipinski definition) is 1. The molecular weight excluding hydrogens is 250 g/mol. The Morgan fingerprint density at radius 3 is 3.15 bits per heavy atom. The summed E-state index contributed by atoms with van der Waals surface area (Å²) >= 11 is 0. The lowest BCUT2D eigenvalue weighted by Gasteiger charge is -2.36. The van der Waals surface area contributed by atoms with E-state index in [2.05, 4.69) is 29.0 Å². The Morgan fingerprint density at radius 1 is 1.55 bits per heavy atom. The van der Waals surface area contributed by atoms with Gasteiger partial charge in [-0.25, -0.2) is 4.98 Å². The number of pyridine rings is 1. The molecule has 0 aliphatic carbocycles. The van der Waals surface area contributed by atoms with Gasteiger partial charge in [-0.15, -0.1) is 0 Å². The molecule has 1 aromatic heterocycles. The van der Waals surface area contributed by atoms with Crippen molar-refractivity contribution in [2.75, 3.05) is 32.1 Å². The molecule has 4 nitrogen and oxygen atoms in total. The topological polar surface area (TPSA) is 37.4 Å². The van der Waals surface area contributed by atoms with Gasteiger partial charge in [0.05, 0.1) is 12.8 Å². The molecule has 1 aliphatic heterocycles. The quantitative estimate of drug-likeness (QED) is 0.867. The zero-order valence-corrected chi connectivity index (χ0v) is 12.9. The van der Waals surface area contributed by atoms with Crippen LogP contribution in [0, 0.1) is 5.92 Å². The Labute approximate surface area is 122 Å². The zero-order chi connectivity index (χ0) is 14.4. The lowest BCUT2D eigenvalue weighted by Crippen LogP contribution is -2.42. The Balaban J connectivity index is 1.95. The summed E-state index contributed by atoms with van der Waals surface area (Å²) in [5.74, 6) is 1.38. The Hall–Kier alpha value is -1.29. The van der Waals surface area contributed by atoms with Gasteiger partial charge in [0.1, 0.15) is 0 Å². The number of aromatic nitrogens is 1.